The molecule has 0 radical (unpaired) electrons. The van der Waals surface area contributed by atoms with Crippen LogP contribution in [0.2, 0.25) is 5.02 Å². The Morgan fingerprint density at radius 2 is 1.46 bits per heavy atom. The smallest absolute Gasteiger partial charge is 0.175 e. The number of nitrogens with zero attached hydrogens (tertiary/aromatic N) is 4. The Morgan fingerprint density at radius 1 is 0.886 bits per heavy atom. The van der Waals surface area contributed by atoms with Gasteiger partial charge in [0.2, 0.25) is 0 Å². The van der Waals surface area contributed by atoms with Crippen LogP contribution >= 0.6 is 23.8 Å². The lowest BCUT2D eigenvalue weighted by Gasteiger charge is -2.12. The van der Waals surface area contributed by atoms with Gasteiger partial charge < -0.3 is 10.6 Å². The molecule has 2 aromatic carbocycles. The SMILES string of the molecule is Cc1nn(Cc2cccc(F)c2)c(C)c1NC(=S)Nc1c(C)nn(Cc2c(F)cccc2Cl)c1C. The average Bonchev–Trinajstić information content (AvgIpc) is 3.20. The molecule has 0 saturated carbocycles. The van der Waals surface area contributed by atoms with Gasteiger partial charge in [-0.2, -0.15) is 10.2 Å². The van der Waals surface area contributed by atoms with Crippen LogP contribution in [0.1, 0.15) is 33.9 Å². The monoisotopic (exact) mass is 514 g/mol. The van der Waals surface area contributed by atoms with Gasteiger partial charge in [-0.1, -0.05) is 29.8 Å². The topological polar surface area (TPSA) is 59.7 Å². The van der Waals surface area contributed by atoms with E-state index in [1.165, 1.54) is 18.2 Å². The molecule has 0 aliphatic heterocycles. The number of nitrogens with one attached hydrogen (secondary N) is 2. The maximum absolute atomic E-state index is 14.3. The number of rotatable bonds is 6. The third-order valence-electron chi connectivity index (χ3n) is 5.83. The molecule has 0 fully saturated rings. The number of halogens is 3. The Labute approximate surface area is 212 Å². The van der Waals surface area contributed by atoms with Crippen LogP contribution < -0.4 is 10.6 Å². The summed E-state index contributed by atoms with van der Waals surface area (Å²) in [6.07, 6.45) is 0. The van der Waals surface area contributed by atoms with E-state index in [2.05, 4.69) is 20.8 Å². The Morgan fingerprint density at radius 3 is 2.03 bits per heavy atom. The fourth-order valence-electron chi connectivity index (χ4n) is 3.96. The van der Waals surface area contributed by atoms with E-state index >= 15 is 0 Å². The molecule has 2 N–H and O–H groups in total. The van der Waals surface area contributed by atoms with E-state index in [1.54, 1.807) is 22.9 Å². The fraction of sp³-hybridized carbons (Fsp3) is 0.240. The van der Waals surface area contributed by atoms with Gasteiger partial charge in [0.15, 0.2) is 5.11 Å². The first-order valence-corrected chi connectivity index (χ1v) is 11.8. The van der Waals surface area contributed by atoms with E-state index in [0.29, 0.717) is 27.9 Å². The number of aryl methyl sites for hydroxylation is 2. The first-order chi connectivity index (χ1) is 16.6. The van der Waals surface area contributed by atoms with Crippen LogP contribution in [0.15, 0.2) is 42.5 Å². The van der Waals surface area contributed by atoms with E-state index in [1.807, 2.05) is 38.4 Å². The second-order valence-electron chi connectivity index (χ2n) is 8.32. The molecule has 35 heavy (non-hydrogen) atoms. The third kappa shape index (κ3) is 5.36. The highest BCUT2D eigenvalue weighted by Crippen LogP contribution is 2.26. The first-order valence-electron chi connectivity index (χ1n) is 11.0. The van der Waals surface area contributed by atoms with E-state index < -0.39 is 0 Å². The van der Waals surface area contributed by atoms with E-state index in [-0.39, 0.29) is 18.2 Å². The molecule has 6 nitrogen and oxygen atoms in total. The van der Waals surface area contributed by atoms with Crippen LogP contribution in [-0.2, 0) is 13.1 Å². The summed E-state index contributed by atoms with van der Waals surface area (Å²) in [5.41, 5.74) is 5.85. The minimum Gasteiger partial charge on any atom is -0.329 e. The van der Waals surface area contributed by atoms with Crippen molar-refractivity contribution in [3.05, 3.63) is 93.0 Å². The van der Waals surface area contributed by atoms with Gasteiger partial charge >= 0.3 is 0 Å². The molecule has 0 bridgehead atoms. The second kappa shape index (κ2) is 10.1. The van der Waals surface area contributed by atoms with Crippen LogP contribution in [0.25, 0.3) is 0 Å². The van der Waals surface area contributed by atoms with Crippen LogP contribution in [0.5, 0.6) is 0 Å². The third-order valence-corrected chi connectivity index (χ3v) is 6.39. The van der Waals surface area contributed by atoms with Crippen LogP contribution in [0, 0.1) is 39.3 Å². The van der Waals surface area contributed by atoms with Crippen LogP contribution in [-0.4, -0.2) is 24.7 Å². The van der Waals surface area contributed by atoms with Crippen molar-refractivity contribution in [2.45, 2.75) is 40.8 Å². The highest BCUT2D eigenvalue weighted by atomic mass is 35.5. The van der Waals surface area contributed by atoms with E-state index in [0.717, 1.165) is 34.0 Å². The standard InChI is InChI=1S/C25H25ClF2N6S/c1-14-23(16(3)33(31-14)12-18-7-5-8-19(27)11-18)29-25(35)30-24-15(2)32-34(17(24)4)13-20-21(26)9-6-10-22(20)28/h5-11H,12-13H2,1-4H3,(H2,29,30,35). The maximum atomic E-state index is 14.3. The number of aromatic nitrogens is 4. The van der Waals surface area contributed by atoms with Gasteiger partial charge in [-0.15, -0.1) is 0 Å². The van der Waals surface area contributed by atoms with Crippen LogP contribution in [0.4, 0.5) is 20.2 Å². The fourth-order valence-corrected chi connectivity index (χ4v) is 4.39. The van der Waals surface area contributed by atoms with Crippen molar-refractivity contribution in [3.8, 4) is 0 Å². The summed E-state index contributed by atoms with van der Waals surface area (Å²) in [5, 5.41) is 16.3. The molecular formula is C25H25ClF2N6S. The minimum absolute atomic E-state index is 0.200. The molecular weight excluding hydrogens is 490 g/mol. The number of hydrogen-bond acceptors (Lipinski definition) is 3. The summed E-state index contributed by atoms with van der Waals surface area (Å²) in [6.45, 7) is 8.18. The summed E-state index contributed by atoms with van der Waals surface area (Å²) < 4.78 is 31.3. The highest BCUT2D eigenvalue weighted by molar-refractivity contribution is 7.80. The lowest BCUT2D eigenvalue weighted by Crippen LogP contribution is -2.21. The number of benzene rings is 2. The highest BCUT2D eigenvalue weighted by Gasteiger charge is 2.18. The van der Waals surface area contributed by atoms with Crippen LogP contribution in [0.3, 0.4) is 0 Å². The molecule has 0 aliphatic carbocycles. The van der Waals surface area contributed by atoms with Crippen molar-refractivity contribution >= 4 is 40.3 Å². The summed E-state index contributed by atoms with van der Waals surface area (Å²) >= 11 is 11.8. The molecule has 2 heterocycles. The number of thiocarbonyl (C=S) groups is 1. The Hall–Kier alpha value is -3.30. The van der Waals surface area contributed by atoms with Crippen molar-refractivity contribution in [2.24, 2.45) is 0 Å². The zero-order valence-electron chi connectivity index (χ0n) is 19.8. The minimum atomic E-state index is -0.377. The predicted octanol–water partition coefficient (Wildman–Crippen LogP) is 6.15. The Bertz CT molecular complexity index is 1390. The lowest BCUT2D eigenvalue weighted by molar-refractivity contribution is 0.579. The van der Waals surface area contributed by atoms with Gasteiger partial charge in [0.05, 0.1) is 47.2 Å². The normalized spacial score (nSPS) is 11.1. The lowest BCUT2D eigenvalue weighted by atomic mass is 10.2. The van der Waals surface area contributed by atoms with Crippen molar-refractivity contribution in [1.82, 2.24) is 19.6 Å². The maximum Gasteiger partial charge on any atom is 0.175 e. The van der Waals surface area contributed by atoms with Crippen molar-refractivity contribution in [1.29, 1.82) is 0 Å². The molecule has 4 aromatic rings. The van der Waals surface area contributed by atoms with Gasteiger partial charge in [-0.25, -0.2) is 8.78 Å². The van der Waals surface area contributed by atoms with Gasteiger partial charge in [0, 0.05) is 10.6 Å². The molecule has 0 spiro atoms. The molecule has 2 aromatic heterocycles. The van der Waals surface area contributed by atoms with Crippen molar-refractivity contribution < 1.29 is 8.78 Å². The van der Waals surface area contributed by atoms with Crippen molar-refractivity contribution in [2.75, 3.05) is 10.6 Å². The summed E-state index contributed by atoms with van der Waals surface area (Å²) in [6, 6.07) is 11.1. The summed E-state index contributed by atoms with van der Waals surface area (Å²) in [7, 11) is 0. The molecule has 0 aliphatic rings. The Balaban J connectivity index is 1.50. The van der Waals surface area contributed by atoms with Crippen molar-refractivity contribution in [3.63, 3.8) is 0 Å². The zero-order chi connectivity index (χ0) is 25.3. The zero-order valence-corrected chi connectivity index (χ0v) is 21.4. The molecule has 0 amide bonds. The molecule has 0 saturated heterocycles. The molecule has 4 rings (SSSR count). The number of anilines is 2. The molecule has 10 heteroatoms. The first kappa shape index (κ1) is 24.8. The van der Waals surface area contributed by atoms with E-state index in [4.69, 9.17) is 23.8 Å². The van der Waals surface area contributed by atoms with Gasteiger partial charge in [-0.05, 0) is 69.7 Å². The molecule has 182 valence electrons. The quantitative estimate of drug-likeness (QED) is 0.302. The van der Waals surface area contributed by atoms with Gasteiger partial charge in [-0.3, -0.25) is 9.36 Å². The number of hydrogen-bond donors (Lipinski definition) is 2. The molecule has 0 unspecified atom stereocenters. The van der Waals surface area contributed by atoms with Gasteiger partial charge in [0.25, 0.3) is 0 Å². The summed E-state index contributed by atoms with van der Waals surface area (Å²) in [5.74, 6) is -0.658. The average molecular weight is 515 g/mol. The largest absolute Gasteiger partial charge is 0.329 e. The summed E-state index contributed by atoms with van der Waals surface area (Å²) in [4.78, 5) is 0. The second-order valence-corrected chi connectivity index (χ2v) is 9.13. The molecule has 0 atom stereocenters. The predicted molar refractivity (Wildman–Crippen MR) is 139 cm³/mol. The van der Waals surface area contributed by atoms with E-state index in [9.17, 15) is 8.78 Å². The van der Waals surface area contributed by atoms with Gasteiger partial charge in [0.1, 0.15) is 11.6 Å². The Kier molecular flexibility index (Phi) is 7.18.